The van der Waals surface area contributed by atoms with Crippen molar-refractivity contribution in [2.75, 3.05) is 18.9 Å². The van der Waals surface area contributed by atoms with Gasteiger partial charge in [-0.25, -0.2) is 0 Å². The number of anilines is 1. The zero-order chi connectivity index (χ0) is 14.4. The van der Waals surface area contributed by atoms with Gasteiger partial charge in [-0.1, -0.05) is 12.1 Å². The molecule has 0 atom stereocenters. The summed E-state index contributed by atoms with van der Waals surface area (Å²) in [6.45, 7) is 0.840. The first-order valence-corrected chi connectivity index (χ1v) is 6.59. The third-order valence-corrected chi connectivity index (χ3v) is 2.95. The van der Waals surface area contributed by atoms with Crippen LogP contribution in [0.25, 0.3) is 11.4 Å². The Labute approximate surface area is 130 Å². The number of amides is 1. The topological polar surface area (TPSA) is 71.8 Å². The van der Waals surface area contributed by atoms with E-state index in [4.69, 9.17) is 0 Å². The third-order valence-electron chi connectivity index (χ3n) is 2.95. The van der Waals surface area contributed by atoms with Gasteiger partial charge >= 0.3 is 0 Å². The van der Waals surface area contributed by atoms with E-state index in [0.717, 1.165) is 30.0 Å². The fraction of sp³-hybridized carbons (Fsp3) is 0.357. The largest absolute Gasteiger partial charge is 0.326 e. The van der Waals surface area contributed by atoms with Gasteiger partial charge in [-0.05, 0) is 32.1 Å². The van der Waals surface area contributed by atoms with Gasteiger partial charge in [0, 0.05) is 24.7 Å². The average Bonchev–Trinajstić information content (AvgIpc) is 2.85. The Hall–Kier alpha value is -1.92. The van der Waals surface area contributed by atoms with Crippen molar-refractivity contribution in [1.29, 1.82) is 0 Å². The lowest BCUT2D eigenvalue weighted by Crippen LogP contribution is -2.15. The highest BCUT2D eigenvalue weighted by Gasteiger charge is 2.07. The monoisotopic (exact) mass is 309 g/mol. The van der Waals surface area contributed by atoms with E-state index in [-0.39, 0.29) is 18.3 Å². The molecule has 0 saturated carbocycles. The minimum atomic E-state index is 0. The van der Waals surface area contributed by atoms with Crippen molar-refractivity contribution >= 4 is 24.0 Å². The van der Waals surface area contributed by atoms with Crippen molar-refractivity contribution in [1.82, 2.24) is 20.1 Å². The van der Waals surface area contributed by atoms with E-state index in [1.165, 1.54) is 0 Å². The standard InChI is InChI=1S/C14H19N5O.ClH/c1-15-8-4-7-13(20)17-12-6-3-5-11(9-12)14-18-16-10-19(14)2;/h3,5-6,9-10,15H,4,7-8H2,1-2H3,(H,17,20);1H. The second-order valence-electron chi connectivity index (χ2n) is 4.60. The first kappa shape index (κ1) is 17.1. The summed E-state index contributed by atoms with van der Waals surface area (Å²) in [4.78, 5) is 11.8. The number of benzene rings is 1. The molecule has 0 bridgehead atoms. The summed E-state index contributed by atoms with van der Waals surface area (Å²) in [7, 11) is 3.76. The summed E-state index contributed by atoms with van der Waals surface area (Å²) in [6.07, 6.45) is 2.98. The summed E-state index contributed by atoms with van der Waals surface area (Å²) in [5.74, 6) is 0.798. The highest BCUT2D eigenvalue weighted by Crippen LogP contribution is 2.20. The van der Waals surface area contributed by atoms with Gasteiger partial charge in [0.05, 0.1) is 0 Å². The molecule has 0 radical (unpaired) electrons. The molecule has 0 aliphatic rings. The Morgan fingerprint density at radius 2 is 2.19 bits per heavy atom. The molecule has 2 aromatic rings. The van der Waals surface area contributed by atoms with Crippen LogP contribution in [-0.4, -0.2) is 34.3 Å². The minimum absolute atomic E-state index is 0. The second kappa shape index (κ2) is 8.39. The van der Waals surface area contributed by atoms with E-state index < -0.39 is 0 Å². The van der Waals surface area contributed by atoms with Gasteiger partial charge in [0.1, 0.15) is 6.33 Å². The zero-order valence-electron chi connectivity index (χ0n) is 12.2. The molecule has 1 heterocycles. The lowest BCUT2D eigenvalue weighted by atomic mass is 10.2. The van der Waals surface area contributed by atoms with E-state index >= 15 is 0 Å². The van der Waals surface area contributed by atoms with E-state index in [0.29, 0.717) is 6.42 Å². The number of rotatable bonds is 6. The molecule has 1 aromatic carbocycles. The highest BCUT2D eigenvalue weighted by molar-refractivity contribution is 5.91. The fourth-order valence-corrected chi connectivity index (χ4v) is 1.93. The summed E-state index contributed by atoms with van der Waals surface area (Å²) in [5, 5.41) is 13.8. The maximum Gasteiger partial charge on any atom is 0.224 e. The molecule has 0 saturated heterocycles. The van der Waals surface area contributed by atoms with Crippen LogP contribution in [0.4, 0.5) is 5.69 Å². The van der Waals surface area contributed by atoms with Gasteiger partial charge in [-0.3, -0.25) is 4.79 Å². The molecule has 1 aromatic heterocycles. The molecule has 2 N–H and O–H groups in total. The first-order chi connectivity index (χ1) is 9.70. The smallest absolute Gasteiger partial charge is 0.224 e. The van der Waals surface area contributed by atoms with Gasteiger partial charge in [-0.15, -0.1) is 22.6 Å². The van der Waals surface area contributed by atoms with E-state index in [1.807, 2.05) is 42.9 Å². The van der Waals surface area contributed by atoms with Crippen molar-refractivity contribution < 1.29 is 4.79 Å². The van der Waals surface area contributed by atoms with Crippen molar-refractivity contribution in [3.8, 4) is 11.4 Å². The Kier molecular flexibility index (Phi) is 6.84. The van der Waals surface area contributed by atoms with Gasteiger partial charge < -0.3 is 15.2 Å². The SMILES string of the molecule is CNCCCC(=O)Nc1cccc(-c2nncn2C)c1.Cl. The molecular weight excluding hydrogens is 290 g/mol. The van der Waals surface area contributed by atoms with E-state index in [1.54, 1.807) is 6.33 Å². The molecule has 0 spiro atoms. The number of aromatic nitrogens is 3. The Balaban J connectivity index is 0.00000220. The maximum atomic E-state index is 11.8. The Morgan fingerprint density at radius 1 is 1.38 bits per heavy atom. The summed E-state index contributed by atoms with van der Waals surface area (Å²) < 4.78 is 1.84. The van der Waals surface area contributed by atoms with Crippen LogP contribution in [-0.2, 0) is 11.8 Å². The number of carbonyl (C=O) groups is 1. The summed E-state index contributed by atoms with van der Waals surface area (Å²) >= 11 is 0. The number of hydrogen-bond acceptors (Lipinski definition) is 4. The molecule has 0 aliphatic carbocycles. The quantitative estimate of drug-likeness (QED) is 0.799. The van der Waals surface area contributed by atoms with Crippen molar-refractivity contribution in [2.24, 2.45) is 7.05 Å². The third kappa shape index (κ3) is 4.84. The summed E-state index contributed by atoms with van der Waals surface area (Å²) in [6, 6.07) is 7.61. The molecule has 21 heavy (non-hydrogen) atoms. The van der Waals surface area contributed by atoms with Crippen molar-refractivity contribution in [3.63, 3.8) is 0 Å². The highest BCUT2D eigenvalue weighted by atomic mass is 35.5. The number of carbonyl (C=O) groups excluding carboxylic acids is 1. The predicted molar refractivity (Wildman–Crippen MR) is 85.5 cm³/mol. The van der Waals surface area contributed by atoms with Crippen molar-refractivity contribution in [2.45, 2.75) is 12.8 Å². The van der Waals surface area contributed by atoms with Crippen LogP contribution in [0, 0.1) is 0 Å². The van der Waals surface area contributed by atoms with Gasteiger partial charge in [0.25, 0.3) is 0 Å². The normalized spacial score (nSPS) is 10.0. The molecule has 6 nitrogen and oxygen atoms in total. The van der Waals surface area contributed by atoms with Gasteiger partial charge in [-0.2, -0.15) is 0 Å². The number of nitrogens with one attached hydrogen (secondary N) is 2. The summed E-state index contributed by atoms with van der Waals surface area (Å²) in [5.41, 5.74) is 1.71. The Morgan fingerprint density at radius 3 is 2.86 bits per heavy atom. The maximum absolute atomic E-state index is 11.8. The van der Waals surface area contributed by atoms with Crippen LogP contribution in [0.3, 0.4) is 0 Å². The number of halogens is 1. The fourth-order valence-electron chi connectivity index (χ4n) is 1.93. The number of aryl methyl sites for hydroxylation is 1. The van der Waals surface area contributed by atoms with Crippen LogP contribution in [0.5, 0.6) is 0 Å². The van der Waals surface area contributed by atoms with Crippen LogP contribution in [0.2, 0.25) is 0 Å². The zero-order valence-corrected chi connectivity index (χ0v) is 13.0. The van der Waals surface area contributed by atoms with E-state index in [9.17, 15) is 4.79 Å². The van der Waals surface area contributed by atoms with Gasteiger partial charge in [0.15, 0.2) is 5.82 Å². The van der Waals surface area contributed by atoms with E-state index in [2.05, 4.69) is 20.8 Å². The van der Waals surface area contributed by atoms with Crippen LogP contribution < -0.4 is 10.6 Å². The molecule has 7 heteroatoms. The molecule has 2 rings (SSSR count). The Bertz CT molecular complexity index is 584. The molecule has 0 aliphatic heterocycles. The van der Waals surface area contributed by atoms with Gasteiger partial charge in [0.2, 0.25) is 5.91 Å². The minimum Gasteiger partial charge on any atom is -0.326 e. The lowest BCUT2D eigenvalue weighted by Gasteiger charge is -2.07. The first-order valence-electron chi connectivity index (χ1n) is 6.59. The molecule has 0 fully saturated rings. The number of hydrogen-bond donors (Lipinski definition) is 2. The predicted octanol–water partition coefficient (Wildman–Crippen LogP) is 1.84. The molecule has 1 amide bonds. The second-order valence-corrected chi connectivity index (χ2v) is 4.60. The molecule has 0 unspecified atom stereocenters. The van der Waals surface area contributed by atoms with Crippen LogP contribution in [0.1, 0.15) is 12.8 Å². The van der Waals surface area contributed by atoms with Crippen LogP contribution in [0.15, 0.2) is 30.6 Å². The molecule has 114 valence electrons. The lowest BCUT2D eigenvalue weighted by molar-refractivity contribution is -0.116. The van der Waals surface area contributed by atoms with Crippen molar-refractivity contribution in [3.05, 3.63) is 30.6 Å². The number of nitrogens with zero attached hydrogens (tertiary/aromatic N) is 3. The van der Waals surface area contributed by atoms with Crippen LogP contribution >= 0.6 is 12.4 Å². The molecular formula is C14H20ClN5O. The average molecular weight is 310 g/mol.